The van der Waals surface area contributed by atoms with Crippen LogP contribution in [0, 0.1) is 19.7 Å². The zero-order chi connectivity index (χ0) is 18.0. The number of benzene rings is 1. The second kappa shape index (κ2) is 6.80. The fraction of sp³-hybridized carbons (Fsp3) is 0.222. The molecule has 0 bridgehead atoms. The standard InChI is InChI=1S/C18H17FN4O2/c1-10-4-5-15(16(19)6-10)13-7-14(9-20-8-13)18(24)21-11(2)17-22-12(3)25-23-17/h4-9,11H,1-3H3,(H,21,24)/t11-/m1/s1. The lowest BCUT2D eigenvalue weighted by Crippen LogP contribution is -2.27. The molecule has 0 spiro atoms. The van der Waals surface area contributed by atoms with Gasteiger partial charge in [-0.25, -0.2) is 4.39 Å². The molecule has 1 atom stereocenters. The highest BCUT2D eigenvalue weighted by atomic mass is 19.1. The lowest BCUT2D eigenvalue weighted by Gasteiger charge is -2.11. The molecule has 7 heteroatoms. The fourth-order valence-electron chi connectivity index (χ4n) is 2.40. The molecular formula is C18H17FN4O2. The van der Waals surface area contributed by atoms with Gasteiger partial charge < -0.3 is 9.84 Å². The van der Waals surface area contributed by atoms with E-state index in [0.29, 0.717) is 28.4 Å². The van der Waals surface area contributed by atoms with E-state index in [4.69, 9.17) is 4.52 Å². The van der Waals surface area contributed by atoms with Crippen LogP contribution in [0.5, 0.6) is 0 Å². The highest BCUT2D eigenvalue weighted by Gasteiger charge is 2.17. The SMILES string of the molecule is Cc1ccc(-c2cncc(C(=O)N[C@H](C)c3noc(C)n3)c2)c(F)c1. The molecule has 0 radical (unpaired) electrons. The normalized spacial score (nSPS) is 12.0. The van der Waals surface area contributed by atoms with E-state index >= 15 is 0 Å². The van der Waals surface area contributed by atoms with Crippen LogP contribution in [0.3, 0.4) is 0 Å². The van der Waals surface area contributed by atoms with Crippen LogP contribution in [0.25, 0.3) is 11.1 Å². The maximum absolute atomic E-state index is 14.1. The van der Waals surface area contributed by atoms with Crippen molar-refractivity contribution in [2.24, 2.45) is 0 Å². The number of aryl methyl sites for hydroxylation is 2. The summed E-state index contributed by atoms with van der Waals surface area (Å²) >= 11 is 0. The van der Waals surface area contributed by atoms with Crippen molar-refractivity contribution < 1.29 is 13.7 Å². The molecule has 25 heavy (non-hydrogen) atoms. The lowest BCUT2D eigenvalue weighted by atomic mass is 10.0. The second-order valence-electron chi connectivity index (χ2n) is 5.81. The third-order valence-corrected chi connectivity index (χ3v) is 3.71. The molecule has 0 unspecified atom stereocenters. The van der Waals surface area contributed by atoms with Gasteiger partial charge in [-0.2, -0.15) is 4.98 Å². The number of rotatable bonds is 4. The summed E-state index contributed by atoms with van der Waals surface area (Å²) in [7, 11) is 0. The van der Waals surface area contributed by atoms with Crippen LogP contribution in [0.1, 0.15) is 40.6 Å². The number of hydrogen-bond acceptors (Lipinski definition) is 5. The predicted octanol–water partition coefficient (Wildman–Crippen LogP) is 3.38. The van der Waals surface area contributed by atoms with Gasteiger partial charge in [0.05, 0.1) is 11.6 Å². The van der Waals surface area contributed by atoms with Gasteiger partial charge in [-0.3, -0.25) is 9.78 Å². The zero-order valence-corrected chi connectivity index (χ0v) is 14.1. The summed E-state index contributed by atoms with van der Waals surface area (Å²) in [4.78, 5) is 20.6. The van der Waals surface area contributed by atoms with Gasteiger partial charge in [0.2, 0.25) is 5.89 Å². The number of carbonyl (C=O) groups is 1. The monoisotopic (exact) mass is 340 g/mol. The Kier molecular flexibility index (Phi) is 4.56. The minimum absolute atomic E-state index is 0.324. The first kappa shape index (κ1) is 16.8. The Hall–Kier alpha value is -3.09. The van der Waals surface area contributed by atoms with E-state index in [1.165, 1.54) is 18.5 Å². The quantitative estimate of drug-likeness (QED) is 0.787. The van der Waals surface area contributed by atoms with Crippen molar-refractivity contribution in [1.29, 1.82) is 0 Å². The van der Waals surface area contributed by atoms with Crippen molar-refractivity contribution in [3.63, 3.8) is 0 Å². The van der Waals surface area contributed by atoms with Gasteiger partial charge in [0, 0.05) is 30.4 Å². The summed E-state index contributed by atoms with van der Waals surface area (Å²) in [6.45, 7) is 5.24. The van der Waals surface area contributed by atoms with Gasteiger partial charge in [-0.15, -0.1) is 0 Å². The molecule has 128 valence electrons. The van der Waals surface area contributed by atoms with Gasteiger partial charge in [0.1, 0.15) is 5.82 Å². The Labute approximate surface area is 144 Å². The summed E-state index contributed by atoms with van der Waals surface area (Å²) in [5, 5.41) is 6.55. The van der Waals surface area contributed by atoms with Gasteiger partial charge in [0.15, 0.2) is 5.82 Å². The Morgan fingerprint density at radius 1 is 1.24 bits per heavy atom. The topological polar surface area (TPSA) is 80.9 Å². The van der Waals surface area contributed by atoms with Crippen molar-refractivity contribution in [1.82, 2.24) is 20.4 Å². The van der Waals surface area contributed by atoms with Crippen LogP contribution in [-0.2, 0) is 0 Å². The van der Waals surface area contributed by atoms with Crippen LogP contribution < -0.4 is 5.32 Å². The molecule has 0 saturated heterocycles. The first-order valence-corrected chi connectivity index (χ1v) is 7.76. The summed E-state index contributed by atoms with van der Waals surface area (Å²) in [6, 6.07) is 6.11. The average Bonchev–Trinajstić information content (AvgIpc) is 3.01. The first-order valence-electron chi connectivity index (χ1n) is 7.76. The van der Waals surface area contributed by atoms with Crippen molar-refractivity contribution in [3.8, 4) is 11.1 Å². The minimum atomic E-state index is -0.426. The first-order chi connectivity index (χ1) is 11.9. The van der Waals surface area contributed by atoms with Crippen LogP contribution in [0.15, 0.2) is 41.2 Å². The molecule has 1 amide bonds. The van der Waals surface area contributed by atoms with Crippen LogP contribution >= 0.6 is 0 Å². The number of nitrogens with zero attached hydrogens (tertiary/aromatic N) is 3. The summed E-state index contributed by atoms with van der Waals surface area (Å²) in [6.07, 6.45) is 2.95. The maximum Gasteiger partial charge on any atom is 0.253 e. The molecule has 0 aliphatic rings. The largest absolute Gasteiger partial charge is 0.342 e. The van der Waals surface area contributed by atoms with Crippen molar-refractivity contribution >= 4 is 5.91 Å². The van der Waals surface area contributed by atoms with Gasteiger partial charge in [0.25, 0.3) is 5.91 Å². The molecule has 2 heterocycles. The van der Waals surface area contributed by atoms with E-state index in [-0.39, 0.29) is 11.7 Å². The smallest absolute Gasteiger partial charge is 0.253 e. The molecule has 6 nitrogen and oxygen atoms in total. The van der Waals surface area contributed by atoms with E-state index in [1.807, 2.05) is 13.0 Å². The Bertz CT molecular complexity index is 923. The number of hydrogen-bond donors (Lipinski definition) is 1. The van der Waals surface area contributed by atoms with Crippen molar-refractivity contribution in [3.05, 3.63) is 65.3 Å². The molecule has 3 rings (SSSR count). The van der Waals surface area contributed by atoms with Gasteiger partial charge >= 0.3 is 0 Å². The second-order valence-corrected chi connectivity index (χ2v) is 5.81. The zero-order valence-electron chi connectivity index (χ0n) is 14.1. The molecule has 0 fully saturated rings. The van der Waals surface area contributed by atoms with E-state index in [9.17, 15) is 9.18 Å². The molecule has 2 aromatic heterocycles. The van der Waals surface area contributed by atoms with Crippen LogP contribution in [-0.4, -0.2) is 21.0 Å². The Balaban J connectivity index is 1.82. The third kappa shape index (κ3) is 3.71. The molecule has 1 aromatic carbocycles. The molecule has 3 aromatic rings. The van der Waals surface area contributed by atoms with E-state index in [2.05, 4.69) is 20.4 Å². The van der Waals surface area contributed by atoms with E-state index in [1.54, 1.807) is 26.0 Å². The van der Waals surface area contributed by atoms with Gasteiger partial charge in [-0.1, -0.05) is 17.3 Å². The predicted molar refractivity (Wildman–Crippen MR) is 89.3 cm³/mol. The molecule has 1 N–H and O–H groups in total. The number of carbonyl (C=O) groups excluding carboxylic acids is 1. The van der Waals surface area contributed by atoms with Crippen molar-refractivity contribution in [2.45, 2.75) is 26.8 Å². The van der Waals surface area contributed by atoms with Gasteiger partial charge in [-0.05, 0) is 31.5 Å². The van der Waals surface area contributed by atoms with Crippen LogP contribution in [0.2, 0.25) is 0 Å². The Morgan fingerprint density at radius 2 is 2.04 bits per heavy atom. The number of aromatic nitrogens is 3. The van der Waals surface area contributed by atoms with Crippen LogP contribution in [0.4, 0.5) is 4.39 Å². The summed E-state index contributed by atoms with van der Waals surface area (Å²) in [5.74, 6) is 0.112. The summed E-state index contributed by atoms with van der Waals surface area (Å²) < 4.78 is 19.1. The molecular weight excluding hydrogens is 323 g/mol. The lowest BCUT2D eigenvalue weighted by molar-refractivity contribution is 0.0937. The highest BCUT2D eigenvalue weighted by molar-refractivity contribution is 5.95. The van der Waals surface area contributed by atoms with Crippen molar-refractivity contribution in [2.75, 3.05) is 0 Å². The maximum atomic E-state index is 14.1. The summed E-state index contributed by atoms with van der Waals surface area (Å²) in [5.41, 5.74) is 2.08. The van der Waals surface area contributed by atoms with E-state index in [0.717, 1.165) is 5.56 Å². The number of amides is 1. The number of nitrogens with one attached hydrogen (secondary N) is 1. The number of halogens is 1. The molecule has 0 aliphatic carbocycles. The number of pyridine rings is 1. The molecule has 0 aliphatic heterocycles. The fourth-order valence-corrected chi connectivity index (χ4v) is 2.40. The Morgan fingerprint density at radius 3 is 2.72 bits per heavy atom. The third-order valence-electron chi connectivity index (χ3n) is 3.71. The molecule has 0 saturated carbocycles. The minimum Gasteiger partial charge on any atom is -0.342 e. The average molecular weight is 340 g/mol. The highest BCUT2D eigenvalue weighted by Crippen LogP contribution is 2.24. The van der Waals surface area contributed by atoms with E-state index < -0.39 is 6.04 Å².